The first-order chi connectivity index (χ1) is 9.15. The molecule has 1 aromatic carbocycles. The largest absolute Gasteiger partial charge is 0.492 e. The number of rotatable bonds is 4. The molecular weight excluding hydrogens is 304 g/mol. The summed E-state index contributed by atoms with van der Waals surface area (Å²) in [6.07, 6.45) is 1.25. The zero-order chi connectivity index (χ0) is 13.7. The maximum Gasteiger partial charge on any atom is 0.120 e. The van der Waals surface area contributed by atoms with Gasteiger partial charge in [-0.25, -0.2) is 0 Å². The van der Waals surface area contributed by atoms with Gasteiger partial charge in [-0.1, -0.05) is 22.0 Å². The average Bonchev–Trinajstić information content (AvgIpc) is 2.51. The Hall–Kier alpha value is -0.580. The second-order valence-corrected chi connectivity index (χ2v) is 6.22. The Morgan fingerprint density at radius 1 is 1.37 bits per heavy atom. The van der Waals surface area contributed by atoms with E-state index in [4.69, 9.17) is 4.74 Å². The molecule has 0 aliphatic carbocycles. The van der Waals surface area contributed by atoms with Crippen LogP contribution < -0.4 is 4.74 Å². The van der Waals surface area contributed by atoms with Crippen molar-refractivity contribution in [1.82, 2.24) is 9.80 Å². The number of ether oxygens (including phenoxy) is 1. The van der Waals surface area contributed by atoms with Crippen molar-refractivity contribution in [3.05, 3.63) is 28.7 Å². The summed E-state index contributed by atoms with van der Waals surface area (Å²) in [5, 5.41) is 0. The van der Waals surface area contributed by atoms with Gasteiger partial charge < -0.3 is 9.64 Å². The maximum atomic E-state index is 5.82. The summed E-state index contributed by atoms with van der Waals surface area (Å²) in [6, 6.07) is 8.64. The van der Waals surface area contributed by atoms with Gasteiger partial charge in [0.2, 0.25) is 0 Å². The molecule has 1 aliphatic heterocycles. The fourth-order valence-corrected chi connectivity index (χ4v) is 2.97. The normalized spacial score (nSPS) is 22.2. The molecule has 1 heterocycles. The van der Waals surface area contributed by atoms with E-state index in [2.05, 4.69) is 39.7 Å². The molecule has 1 aromatic rings. The Balaban J connectivity index is 1.78. The third-order valence-corrected chi connectivity index (χ3v) is 4.12. The van der Waals surface area contributed by atoms with Crippen LogP contribution in [-0.4, -0.2) is 55.7 Å². The van der Waals surface area contributed by atoms with Crippen LogP contribution in [-0.2, 0) is 0 Å². The van der Waals surface area contributed by atoms with Crippen LogP contribution in [0.3, 0.4) is 0 Å². The summed E-state index contributed by atoms with van der Waals surface area (Å²) in [5.74, 6) is 0.939. The van der Waals surface area contributed by atoms with Crippen LogP contribution in [0.25, 0.3) is 0 Å². The first-order valence-electron chi connectivity index (χ1n) is 6.96. The number of benzene rings is 1. The van der Waals surface area contributed by atoms with Gasteiger partial charge in [0.15, 0.2) is 0 Å². The van der Waals surface area contributed by atoms with Crippen molar-refractivity contribution in [2.45, 2.75) is 19.4 Å². The molecule has 1 fully saturated rings. The van der Waals surface area contributed by atoms with E-state index in [-0.39, 0.29) is 0 Å². The summed E-state index contributed by atoms with van der Waals surface area (Å²) in [7, 11) is 2.21. The fourth-order valence-electron chi connectivity index (χ4n) is 2.59. The fraction of sp³-hybridized carbons (Fsp3) is 0.600. The predicted octanol–water partition coefficient (Wildman–Crippen LogP) is 2.85. The van der Waals surface area contributed by atoms with E-state index in [0.717, 1.165) is 29.9 Å². The van der Waals surface area contributed by atoms with Crippen LogP contribution in [0.15, 0.2) is 28.7 Å². The van der Waals surface area contributed by atoms with Crippen molar-refractivity contribution in [3.63, 3.8) is 0 Å². The Morgan fingerprint density at radius 3 is 3.00 bits per heavy atom. The lowest BCUT2D eigenvalue weighted by Crippen LogP contribution is -2.40. The second kappa shape index (κ2) is 7.27. The lowest BCUT2D eigenvalue weighted by atomic mass is 10.3. The van der Waals surface area contributed by atoms with Crippen molar-refractivity contribution in [2.75, 3.05) is 39.8 Å². The van der Waals surface area contributed by atoms with Crippen LogP contribution in [0.2, 0.25) is 0 Å². The number of hydrogen-bond acceptors (Lipinski definition) is 3. The zero-order valence-corrected chi connectivity index (χ0v) is 13.4. The van der Waals surface area contributed by atoms with Crippen LogP contribution in [0.4, 0.5) is 0 Å². The summed E-state index contributed by atoms with van der Waals surface area (Å²) in [4.78, 5) is 4.95. The summed E-state index contributed by atoms with van der Waals surface area (Å²) < 4.78 is 6.88. The summed E-state index contributed by atoms with van der Waals surface area (Å²) >= 11 is 3.46. The molecule has 1 saturated heterocycles. The smallest absolute Gasteiger partial charge is 0.120 e. The highest BCUT2D eigenvalue weighted by Crippen LogP contribution is 2.17. The van der Waals surface area contributed by atoms with Crippen LogP contribution in [0.1, 0.15) is 13.3 Å². The summed E-state index contributed by atoms with van der Waals surface area (Å²) in [5.41, 5.74) is 0. The quantitative estimate of drug-likeness (QED) is 0.846. The molecule has 1 unspecified atom stereocenters. The zero-order valence-electron chi connectivity index (χ0n) is 11.8. The number of nitrogens with zero attached hydrogens (tertiary/aromatic N) is 2. The predicted molar refractivity (Wildman–Crippen MR) is 82.8 cm³/mol. The minimum atomic E-state index is 0.610. The lowest BCUT2D eigenvalue weighted by molar-refractivity contribution is 0.166. The van der Waals surface area contributed by atoms with E-state index in [0.29, 0.717) is 6.04 Å². The minimum absolute atomic E-state index is 0.610. The van der Waals surface area contributed by atoms with E-state index in [1.54, 1.807) is 0 Å². The van der Waals surface area contributed by atoms with Crippen LogP contribution in [0.5, 0.6) is 5.75 Å². The van der Waals surface area contributed by atoms with E-state index < -0.39 is 0 Å². The molecule has 106 valence electrons. The Morgan fingerprint density at radius 2 is 2.21 bits per heavy atom. The van der Waals surface area contributed by atoms with E-state index in [9.17, 15) is 0 Å². The number of hydrogen-bond donors (Lipinski definition) is 0. The van der Waals surface area contributed by atoms with E-state index >= 15 is 0 Å². The molecule has 3 nitrogen and oxygen atoms in total. The highest BCUT2D eigenvalue weighted by Gasteiger charge is 2.18. The molecular formula is C15H23BrN2O. The molecule has 0 aromatic heterocycles. The Labute approximate surface area is 124 Å². The molecule has 0 radical (unpaired) electrons. The van der Waals surface area contributed by atoms with Crippen LogP contribution in [0, 0.1) is 0 Å². The molecule has 4 heteroatoms. The topological polar surface area (TPSA) is 15.7 Å². The maximum absolute atomic E-state index is 5.82. The third-order valence-electron chi connectivity index (χ3n) is 3.63. The SMILES string of the molecule is CC1CN(C)CCCN1CCOc1cccc(Br)c1. The highest BCUT2D eigenvalue weighted by atomic mass is 79.9. The molecule has 1 aliphatic rings. The standard InChI is InChI=1S/C15H23BrN2O/c1-13-12-17(2)7-4-8-18(13)9-10-19-15-6-3-5-14(16)11-15/h3,5-6,11,13H,4,7-10,12H2,1-2H3. The monoisotopic (exact) mass is 326 g/mol. The van der Waals surface area contributed by atoms with Crippen molar-refractivity contribution < 1.29 is 4.74 Å². The van der Waals surface area contributed by atoms with Gasteiger partial charge in [0.25, 0.3) is 0 Å². The molecule has 0 amide bonds. The van der Waals surface area contributed by atoms with Crippen molar-refractivity contribution in [2.24, 2.45) is 0 Å². The van der Waals surface area contributed by atoms with Crippen molar-refractivity contribution in [3.8, 4) is 5.75 Å². The molecule has 0 spiro atoms. The van der Waals surface area contributed by atoms with Crippen molar-refractivity contribution >= 4 is 15.9 Å². The number of likely N-dealkylation sites (N-methyl/N-ethyl adjacent to an activating group) is 1. The molecule has 1 atom stereocenters. The highest BCUT2D eigenvalue weighted by molar-refractivity contribution is 9.10. The average molecular weight is 327 g/mol. The number of halogens is 1. The van der Waals surface area contributed by atoms with Gasteiger partial charge >= 0.3 is 0 Å². The van der Waals surface area contributed by atoms with Gasteiger partial charge in [-0.2, -0.15) is 0 Å². The minimum Gasteiger partial charge on any atom is -0.492 e. The van der Waals surface area contributed by atoms with E-state index in [1.807, 2.05) is 24.3 Å². The van der Waals surface area contributed by atoms with Crippen molar-refractivity contribution in [1.29, 1.82) is 0 Å². The van der Waals surface area contributed by atoms with Gasteiger partial charge in [-0.3, -0.25) is 4.90 Å². The Bertz CT molecular complexity index is 399. The van der Waals surface area contributed by atoms with Gasteiger partial charge in [0.05, 0.1) is 0 Å². The summed E-state index contributed by atoms with van der Waals surface area (Å²) in [6.45, 7) is 7.59. The first-order valence-corrected chi connectivity index (χ1v) is 7.75. The third kappa shape index (κ3) is 4.79. The molecule has 0 bridgehead atoms. The lowest BCUT2D eigenvalue weighted by Gasteiger charge is -2.27. The molecule has 0 saturated carbocycles. The van der Waals surface area contributed by atoms with Crippen LogP contribution >= 0.6 is 15.9 Å². The van der Waals surface area contributed by atoms with Gasteiger partial charge in [0.1, 0.15) is 12.4 Å². The molecule has 2 rings (SSSR count). The molecule has 0 N–H and O–H groups in total. The molecule has 19 heavy (non-hydrogen) atoms. The van der Waals surface area contributed by atoms with Gasteiger partial charge in [0, 0.05) is 23.6 Å². The Kier molecular flexibility index (Phi) is 5.67. The van der Waals surface area contributed by atoms with Gasteiger partial charge in [-0.05, 0) is 51.7 Å². The first kappa shape index (κ1) is 14.8. The van der Waals surface area contributed by atoms with E-state index in [1.165, 1.54) is 19.5 Å². The second-order valence-electron chi connectivity index (χ2n) is 5.31. The van der Waals surface area contributed by atoms with Gasteiger partial charge in [-0.15, -0.1) is 0 Å².